The van der Waals surface area contributed by atoms with Gasteiger partial charge in [-0.15, -0.1) is 0 Å². The molecule has 0 saturated heterocycles. The molecule has 8 rings (SSSR count). The second kappa shape index (κ2) is 13.1. The summed E-state index contributed by atoms with van der Waals surface area (Å²) in [5.74, 6) is 0. The van der Waals surface area contributed by atoms with E-state index in [1.54, 1.807) is 0 Å². The number of benzene rings is 6. The van der Waals surface area contributed by atoms with Gasteiger partial charge in [0.25, 0.3) is 0 Å². The third-order valence-electron chi connectivity index (χ3n) is 8.63. The fourth-order valence-electron chi connectivity index (χ4n) is 6.22. The Bertz CT molecular complexity index is 2010. The molecule has 48 heavy (non-hydrogen) atoms. The van der Waals surface area contributed by atoms with Crippen LogP contribution in [0.25, 0.3) is 22.5 Å². The second-order valence-electron chi connectivity index (χ2n) is 11.6. The van der Waals surface area contributed by atoms with Crippen LogP contribution in [-0.2, 0) is 0 Å². The topological polar surface area (TPSA) is 16.3 Å². The van der Waals surface area contributed by atoms with Gasteiger partial charge in [0.1, 0.15) is 0 Å². The number of nitrogens with zero attached hydrogens (tertiary/aromatic N) is 4. The lowest BCUT2D eigenvalue weighted by Crippen LogP contribution is -2.10. The Hall–Kier alpha value is -6.52. The minimum absolute atomic E-state index is 1.11. The van der Waals surface area contributed by atoms with E-state index in [1.807, 2.05) is 24.3 Å². The molecule has 0 aliphatic rings. The van der Waals surface area contributed by atoms with E-state index >= 15 is 0 Å². The van der Waals surface area contributed by atoms with E-state index in [2.05, 4.69) is 201 Å². The summed E-state index contributed by atoms with van der Waals surface area (Å²) in [5, 5.41) is 0. The molecule has 6 aromatic carbocycles. The molecule has 0 amide bonds. The van der Waals surface area contributed by atoms with E-state index < -0.39 is 0 Å². The molecule has 0 fully saturated rings. The molecule has 2 heterocycles. The average Bonchev–Trinajstić information content (AvgIpc) is 3.91. The van der Waals surface area contributed by atoms with Crippen LogP contribution in [0.4, 0.5) is 34.1 Å². The van der Waals surface area contributed by atoms with E-state index in [1.165, 1.54) is 11.1 Å². The van der Waals surface area contributed by atoms with Crippen LogP contribution in [0.5, 0.6) is 0 Å². The minimum atomic E-state index is 1.11. The van der Waals surface area contributed by atoms with E-state index in [-0.39, 0.29) is 0 Å². The van der Waals surface area contributed by atoms with Gasteiger partial charge in [-0.25, -0.2) is 0 Å². The summed E-state index contributed by atoms with van der Waals surface area (Å²) in [6.45, 7) is 0. The Balaban J connectivity index is 1.08. The van der Waals surface area contributed by atoms with Crippen molar-refractivity contribution in [2.24, 2.45) is 0 Å². The molecule has 0 N–H and O–H groups in total. The molecule has 0 unspecified atom stereocenters. The molecule has 0 radical (unpaired) electrons. The zero-order valence-electron chi connectivity index (χ0n) is 26.4. The number of rotatable bonds is 9. The minimum Gasteiger partial charge on any atom is -0.324 e. The monoisotopic (exact) mass is 618 g/mol. The highest BCUT2D eigenvalue weighted by atomic mass is 15.1. The Morgan fingerprint density at radius 3 is 0.833 bits per heavy atom. The van der Waals surface area contributed by atoms with Gasteiger partial charge in [-0.2, -0.15) is 0 Å². The Morgan fingerprint density at radius 1 is 0.250 bits per heavy atom. The van der Waals surface area contributed by atoms with Crippen LogP contribution >= 0.6 is 0 Å². The fraction of sp³-hybridized carbons (Fsp3) is 0. The zero-order chi connectivity index (χ0) is 32.1. The van der Waals surface area contributed by atoms with Crippen molar-refractivity contribution in [3.8, 4) is 22.5 Å². The van der Waals surface area contributed by atoms with Crippen LogP contribution in [0.15, 0.2) is 207 Å². The molecule has 230 valence electrons. The highest BCUT2D eigenvalue weighted by molar-refractivity contribution is 5.81. The van der Waals surface area contributed by atoms with E-state index in [0.29, 0.717) is 0 Å². The number of hydrogen-bond acceptors (Lipinski definition) is 2. The molecule has 4 heteroatoms. The van der Waals surface area contributed by atoms with Gasteiger partial charge in [0.05, 0.1) is 0 Å². The lowest BCUT2D eigenvalue weighted by Gasteiger charge is -2.26. The van der Waals surface area contributed by atoms with Gasteiger partial charge in [0, 0.05) is 70.3 Å². The first-order valence-electron chi connectivity index (χ1n) is 16.2. The van der Waals surface area contributed by atoms with Crippen LogP contribution in [-0.4, -0.2) is 9.13 Å². The van der Waals surface area contributed by atoms with Gasteiger partial charge in [0.2, 0.25) is 0 Å². The predicted molar refractivity (Wildman–Crippen MR) is 200 cm³/mol. The smallest absolute Gasteiger partial charge is 0.0463 e. The van der Waals surface area contributed by atoms with Crippen molar-refractivity contribution in [2.45, 2.75) is 0 Å². The van der Waals surface area contributed by atoms with Crippen LogP contribution < -0.4 is 9.80 Å². The summed E-state index contributed by atoms with van der Waals surface area (Å²) >= 11 is 0. The highest BCUT2D eigenvalue weighted by Crippen LogP contribution is 2.38. The standard InChI is InChI=1S/C44H34N4/c1-3-11-39(12-4-1)47(43-27-23-37(24-28-43)45-31-7-8-32-45)41-19-15-35(16-20-41)36-17-21-42(22-18-36)48(40-13-5-2-6-14-40)44-29-25-38(26-30-44)46-33-9-10-34-46/h1-34H. The van der Waals surface area contributed by atoms with Crippen LogP contribution in [0, 0.1) is 0 Å². The molecule has 0 bridgehead atoms. The maximum absolute atomic E-state index is 2.30. The maximum atomic E-state index is 2.30. The van der Waals surface area contributed by atoms with Crippen molar-refractivity contribution < 1.29 is 0 Å². The first-order valence-corrected chi connectivity index (χ1v) is 16.2. The predicted octanol–water partition coefficient (Wildman–Crippen LogP) is 11.9. The van der Waals surface area contributed by atoms with Crippen molar-refractivity contribution in [3.05, 3.63) is 207 Å². The maximum Gasteiger partial charge on any atom is 0.0463 e. The molecular formula is C44H34N4. The molecule has 2 aromatic heterocycles. The van der Waals surface area contributed by atoms with Gasteiger partial charge in [-0.1, -0.05) is 60.7 Å². The summed E-state index contributed by atoms with van der Waals surface area (Å²) in [6.07, 6.45) is 8.27. The Labute approximate surface area is 281 Å². The van der Waals surface area contributed by atoms with Crippen molar-refractivity contribution in [1.29, 1.82) is 0 Å². The fourth-order valence-corrected chi connectivity index (χ4v) is 6.22. The zero-order valence-corrected chi connectivity index (χ0v) is 26.4. The van der Waals surface area contributed by atoms with E-state index in [0.717, 1.165) is 45.5 Å². The molecule has 0 saturated carbocycles. The number of hydrogen-bond donors (Lipinski definition) is 0. The molecule has 0 atom stereocenters. The van der Waals surface area contributed by atoms with E-state index in [9.17, 15) is 0 Å². The highest BCUT2D eigenvalue weighted by Gasteiger charge is 2.15. The number of anilines is 6. The van der Waals surface area contributed by atoms with Crippen molar-refractivity contribution in [2.75, 3.05) is 9.80 Å². The molecule has 0 aliphatic carbocycles. The molecule has 0 aliphatic heterocycles. The summed E-state index contributed by atoms with van der Waals surface area (Å²) in [6, 6.07) is 64.3. The van der Waals surface area contributed by atoms with Gasteiger partial charge in [-0.3, -0.25) is 0 Å². The Kier molecular flexibility index (Phi) is 7.87. The summed E-state index contributed by atoms with van der Waals surface area (Å²) in [4.78, 5) is 4.59. The molecule has 8 aromatic rings. The largest absolute Gasteiger partial charge is 0.324 e. The van der Waals surface area contributed by atoms with Gasteiger partial charge in [0.15, 0.2) is 0 Å². The first kappa shape index (κ1) is 28.9. The van der Waals surface area contributed by atoms with E-state index in [4.69, 9.17) is 0 Å². The number of aromatic nitrogens is 2. The lowest BCUT2D eigenvalue weighted by atomic mass is 10.0. The van der Waals surface area contributed by atoms with Gasteiger partial charge >= 0.3 is 0 Å². The molecular weight excluding hydrogens is 585 g/mol. The van der Waals surface area contributed by atoms with Crippen LogP contribution in [0.1, 0.15) is 0 Å². The summed E-state index contributed by atoms with van der Waals surface area (Å²) < 4.78 is 4.24. The summed E-state index contributed by atoms with van der Waals surface area (Å²) in [7, 11) is 0. The third-order valence-corrected chi connectivity index (χ3v) is 8.63. The third kappa shape index (κ3) is 5.91. The Morgan fingerprint density at radius 2 is 0.521 bits per heavy atom. The SMILES string of the molecule is c1ccc(N(c2ccc(-c3ccc(N(c4ccccc4)c4ccc(-n5cccc5)cc4)cc3)cc2)c2ccc(-n3cccc3)cc2)cc1. The van der Waals surface area contributed by atoms with Crippen LogP contribution in [0.2, 0.25) is 0 Å². The first-order chi connectivity index (χ1) is 23.8. The lowest BCUT2D eigenvalue weighted by molar-refractivity contribution is 1.08. The van der Waals surface area contributed by atoms with Gasteiger partial charge < -0.3 is 18.9 Å². The number of para-hydroxylation sites is 2. The van der Waals surface area contributed by atoms with Crippen molar-refractivity contribution >= 4 is 34.1 Å². The van der Waals surface area contributed by atoms with Crippen molar-refractivity contribution in [1.82, 2.24) is 9.13 Å². The molecule has 0 spiro atoms. The molecule has 4 nitrogen and oxygen atoms in total. The van der Waals surface area contributed by atoms with Gasteiger partial charge in [-0.05, 0) is 132 Å². The van der Waals surface area contributed by atoms with Crippen LogP contribution in [0.3, 0.4) is 0 Å². The average molecular weight is 619 g/mol. The van der Waals surface area contributed by atoms with Crippen molar-refractivity contribution in [3.63, 3.8) is 0 Å². The normalized spacial score (nSPS) is 10.9. The summed E-state index contributed by atoms with van der Waals surface area (Å²) in [5.41, 5.74) is 11.3. The second-order valence-corrected chi connectivity index (χ2v) is 11.6. The quantitative estimate of drug-likeness (QED) is 0.160.